The highest BCUT2D eigenvalue weighted by Crippen LogP contribution is 2.21. The first-order valence-electron chi connectivity index (χ1n) is 6.63. The molecule has 2 rings (SSSR count). The Balaban J connectivity index is 2.08. The van der Waals surface area contributed by atoms with Gasteiger partial charge in [0.05, 0.1) is 16.6 Å². The molecule has 0 aromatic heterocycles. The smallest absolute Gasteiger partial charge is 0.242 e. The van der Waals surface area contributed by atoms with E-state index in [1.54, 1.807) is 18.2 Å². The molecule has 0 aliphatic heterocycles. The predicted molar refractivity (Wildman–Crippen MR) is 94.0 cm³/mol. The Labute approximate surface area is 148 Å². The highest BCUT2D eigenvalue weighted by Gasteiger charge is 2.22. The standard InChI is InChI=1S/C15H14BrClN2O3S/c1-10(15(20)18-14-5-3-2-4-13(14)16)19-23(21,22)12-8-6-11(17)7-9-12/h2-10,19H,1H3,(H,18,20)/t10-/m0/s1. The van der Waals surface area contributed by atoms with Crippen LogP contribution >= 0.6 is 27.5 Å². The fourth-order valence-corrected chi connectivity index (χ4v) is 3.48. The third kappa shape index (κ3) is 4.78. The Morgan fingerprint density at radius 3 is 2.35 bits per heavy atom. The minimum atomic E-state index is -3.80. The molecule has 1 atom stereocenters. The molecule has 0 heterocycles. The highest BCUT2D eigenvalue weighted by molar-refractivity contribution is 9.10. The van der Waals surface area contributed by atoms with Crippen LogP contribution in [0.15, 0.2) is 57.9 Å². The molecule has 0 saturated carbocycles. The van der Waals surface area contributed by atoms with E-state index in [1.165, 1.54) is 31.2 Å². The second-order valence-electron chi connectivity index (χ2n) is 4.77. The summed E-state index contributed by atoms with van der Waals surface area (Å²) < 4.78 is 27.5. The van der Waals surface area contributed by atoms with Gasteiger partial charge in [0, 0.05) is 9.50 Å². The zero-order chi connectivity index (χ0) is 17.0. The van der Waals surface area contributed by atoms with Gasteiger partial charge in [-0.15, -0.1) is 0 Å². The Kier molecular flexibility index (Phi) is 5.80. The average Bonchev–Trinajstić information content (AvgIpc) is 2.49. The molecule has 2 aromatic rings. The molecule has 0 aliphatic carbocycles. The number of nitrogens with one attached hydrogen (secondary N) is 2. The maximum absolute atomic E-state index is 12.2. The molecule has 122 valence electrons. The van der Waals surface area contributed by atoms with Crippen molar-refractivity contribution in [1.29, 1.82) is 0 Å². The molecule has 0 saturated heterocycles. The summed E-state index contributed by atoms with van der Waals surface area (Å²) in [5, 5.41) is 3.09. The maximum Gasteiger partial charge on any atom is 0.242 e. The van der Waals surface area contributed by atoms with E-state index in [0.717, 1.165) is 0 Å². The number of rotatable bonds is 5. The van der Waals surface area contributed by atoms with E-state index in [0.29, 0.717) is 15.2 Å². The Bertz CT molecular complexity index is 810. The zero-order valence-corrected chi connectivity index (χ0v) is 15.2. The van der Waals surface area contributed by atoms with Gasteiger partial charge in [0.2, 0.25) is 15.9 Å². The van der Waals surface area contributed by atoms with E-state index in [1.807, 2.05) is 6.07 Å². The van der Waals surface area contributed by atoms with Crippen LogP contribution in [0.4, 0.5) is 5.69 Å². The lowest BCUT2D eigenvalue weighted by molar-refractivity contribution is -0.117. The lowest BCUT2D eigenvalue weighted by atomic mass is 10.3. The van der Waals surface area contributed by atoms with Crippen molar-refractivity contribution in [2.75, 3.05) is 5.32 Å². The second-order valence-corrected chi connectivity index (χ2v) is 7.77. The van der Waals surface area contributed by atoms with Crippen LogP contribution in [0.1, 0.15) is 6.92 Å². The van der Waals surface area contributed by atoms with Crippen molar-refractivity contribution in [3.05, 3.63) is 58.0 Å². The molecule has 5 nitrogen and oxygen atoms in total. The quantitative estimate of drug-likeness (QED) is 0.783. The monoisotopic (exact) mass is 416 g/mol. The largest absolute Gasteiger partial charge is 0.324 e. The number of benzene rings is 2. The summed E-state index contributed by atoms with van der Waals surface area (Å²) in [5.41, 5.74) is 0.565. The van der Waals surface area contributed by atoms with E-state index in [2.05, 4.69) is 26.0 Å². The van der Waals surface area contributed by atoms with E-state index in [-0.39, 0.29) is 4.90 Å². The fraction of sp³-hybridized carbons (Fsp3) is 0.133. The number of anilines is 1. The molecule has 0 aliphatic rings. The second kappa shape index (κ2) is 7.44. The summed E-state index contributed by atoms with van der Waals surface area (Å²) in [6.07, 6.45) is 0. The van der Waals surface area contributed by atoms with Crippen LogP contribution in [-0.2, 0) is 14.8 Å². The molecule has 2 N–H and O–H groups in total. The Hall–Kier alpha value is -1.41. The first kappa shape index (κ1) is 17.9. The molecule has 0 unspecified atom stereocenters. The summed E-state index contributed by atoms with van der Waals surface area (Å²) in [6.45, 7) is 1.47. The van der Waals surface area contributed by atoms with Crippen LogP contribution in [-0.4, -0.2) is 20.4 Å². The number of para-hydroxylation sites is 1. The number of carbonyl (C=O) groups is 1. The van der Waals surface area contributed by atoms with Gasteiger partial charge in [0.15, 0.2) is 0 Å². The molecule has 0 spiro atoms. The maximum atomic E-state index is 12.2. The molecule has 23 heavy (non-hydrogen) atoms. The number of hydrogen-bond acceptors (Lipinski definition) is 3. The molecule has 2 aromatic carbocycles. The fourth-order valence-electron chi connectivity index (χ4n) is 1.77. The van der Waals surface area contributed by atoms with Crippen molar-refractivity contribution in [3.8, 4) is 0 Å². The van der Waals surface area contributed by atoms with Crippen molar-refractivity contribution in [2.45, 2.75) is 17.9 Å². The van der Waals surface area contributed by atoms with Crippen molar-refractivity contribution in [1.82, 2.24) is 4.72 Å². The molecular weight excluding hydrogens is 404 g/mol. The van der Waals surface area contributed by atoms with Crippen LogP contribution in [0.25, 0.3) is 0 Å². The molecule has 0 bridgehead atoms. The van der Waals surface area contributed by atoms with Crippen molar-refractivity contribution >= 4 is 49.1 Å². The first-order chi connectivity index (χ1) is 10.8. The van der Waals surface area contributed by atoms with Gasteiger partial charge in [-0.25, -0.2) is 8.42 Å². The van der Waals surface area contributed by atoms with Crippen molar-refractivity contribution < 1.29 is 13.2 Å². The molecule has 8 heteroatoms. The van der Waals surface area contributed by atoms with Gasteiger partial charge in [-0.1, -0.05) is 23.7 Å². The predicted octanol–water partition coefficient (Wildman–Crippen LogP) is 3.41. The van der Waals surface area contributed by atoms with Crippen molar-refractivity contribution in [2.24, 2.45) is 0 Å². The Morgan fingerprint density at radius 1 is 1.13 bits per heavy atom. The highest BCUT2D eigenvalue weighted by atomic mass is 79.9. The molecular formula is C15H14BrClN2O3S. The van der Waals surface area contributed by atoms with Crippen LogP contribution in [0.5, 0.6) is 0 Å². The van der Waals surface area contributed by atoms with E-state index >= 15 is 0 Å². The van der Waals surface area contributed by atoms with E-state index < -0.39 is 22.0 Å². The minimum Gasteiger partial charge on any atom is -0.324 e. The van der Waals surface area contributed by atoms with Crippen LogP contribution in [0.3, 0.4) is 0 Å². The third-order valence-electron chi connectivity index (χ3n) is 2.98. The first-order valence-corrected chi connectivity index (χ1v) is 9.28. The average molecular weight is 418 g/mol. The molecule has 0 fully saturated rings. The lowest BCUT2D eigenvalue weighted by Gasteiger charge is -2.15. The number of amides is 1. The number of carbonyl (C=O) groups excluding carboxylic acids is 1. The molecule has 1 amide bonds. The van der Waals surface area contributed by atoms with Gasteiger partial charge in [-0.2, -0.15) is 4.72 Å². The summed E-state index contributed by atoms with van der Waals surface area (Å²) in [4.78, 5) is 12.2. The summed E-state index contributed by atoms with van der Waals surface area (Å²) in [5.74, 6) is -0.463. The van der Waals surface area contributed by atoms with E-state index in [4.69, 9.17) is 11.6 Å². The number of sulfonamides is 1. The normalized spacial score (nSPS) is 12.7. The van der Waals surface area contributed by atoms with Crippen molar-refractivity contribution in [3.63, 3.8) is 0 Å². The van der Waals surface area contributed by atoms with Crippen LogP contribution < -0.4 is 10.0 Å². The van der Waals surface area contributed by atoms with Gasteiger partial charge in [-0.3, -0.25) is 4.79 Å². The van der Waals surface area contributed by atoms with Gasteiger partial charge >= 0.3 is 0 Å². The Morgan fingerprint density at radius 2 is 1.74 bits per heavy atom. The van der Waals surface area contributed by atoms with E-state index in [9.17, 15) is 13.2 Å². The SMILES string of the molecule is C[C@H](NS(=O)(=O)c1ccc(Cl)cc1)C(=O)Nc1ccccc1Br. The van der Waals surface area contributed by atoms with Gasteiger partial charge < -0.3 is 5.32 Å². The van der Waals surface area contributed by atoms with Gasteiger partial charge in [0.25, 0.3) is 0 Å². The van der Waals surface area contributed by atoms with Gasteiger partial charge in [-0.05, 0) is 59.3 Å². The number of hydrogen-bond donors (Lipinski definition) is 2. The van der Waals surface area contributed by atoms with Crippen LogP contribution in [0, 0.1) is 0 Å². The zero-order valence-electron chi connectivity index (χ0n) is 12.1. The number of halogens is 2. The summed E-state index contributed by atoms with van der Waals surface area (Å²) in [6, 6.07) is 11.8. The summed E-state index contributed by atoms with van der Waals surface area (Å²) >= 11 is 9.05. The van der Waals surface area contributed by atoms with Crippen LogP contribution in [0.2, 0.25) is 5.02 Å². The third-order valence-corrected chi connectivity index (χ3v) is 5.48. The summed E-state index contributed by atoms with van der Waals surface area (Å²) in [7, 11) is -3.80. The minimum absolute atomic E-state index is 0.0439. The lowest BCUT2D eigenvalue weighted by Crippen LogP contribution is -2.41. The van der Waals surface area contributed by atoms with Gasteiger partial charge in [0.1, 0.15) is 0 Å². The topological polar surface area (TPSA) is 75.3 Å². The molecule has 0 radical (unpaired) electrons.